The SMILES string of the molecule is Clc1cccc(-c2cccc3c2oc2cc(-c4ccccc4)c(-c4ccccc4)cc23)c1. The van der Waals surface area contributed by atoms with Crippen LogP contribution in [0.2, 0.25) is 5.02 Å². The van der Waals surface area contributed by atoms with Crippen LogP contribution < -0.4 is 0 Å². The van der Waals surface area contributed by atoms with Crippen LogP contribution in [0.5, 0.6) is 0 Å². The molecule has 6 aromatic rings. The Kier molecular flexibility index (Phi) is 4.56. The van der Waals surface area contributed by atoms with E-state index in [0.29, 0.717) is 5.02 Å². The predicted molar refractivity (Wildman–Crippen MR) is 135 cm³/mol. The minimum Gasteiger partial charge on any atom is -0.455 e. The lowest BCUT2D eigenvalue weighted by Gasteiger charge is -2.11. The molecule has 5 aromatic carbocycles. The summed E-state index contributed by atoms with van der Waals surface area (Å²) in [6.45, 7) is 0. The van der Waals surface area contributed by atoms with E-state index >= 15 is 0 Å². The molecule has 0 radical (unpaired) electrons. The number of hydrogen-bond donors (Lipinski definition) is 0. The first-order valence-electron chi connectivity index (χ1n) is 10.6. The van der Waals surface area contributed by atoms with Gasteiger partial charge in [-0.3, -0.25) is 0 Å². The number of hydrogen-bond acceptors (Lipinski definition) is 1. The van der Waals surface area contributed by atoms with Gasteiger partial charge in [-0.2, -0.15) is 0 Å². The van der Waals surface area contributed by atoms with Crippen LogP contribution in [0.4, 0.5) is 0 Å². The quantitative estimate of drug-likeness (QED) is 0.272. The average molecular weight is 431 g/mol. The Bertz CT molecular complexity index is 1560. The lowest BCUT2D eigenvalue weighted by Crippen LogP contribution is -1.85. The lowest BCUT2D eigenvalue weighted by molar-refractivity contribution is 0.670. The first-order chi connectivity index (χ1) is 15.8. The van der Waals surface area contributed by atoms with Crippen molar-refractivity contribution in [1.29, 1.82) is 0 Å². The van der Waals surface area contributed by atoms with Gasteiger partial charge in [-0.15, -0.1) is 0 Å². The molecule has 0 aliphatic rings. The molecule has 152 valence electrons. The fourth-order valence-corrected chi connectivity index (χ4v) is 4.63. The van der Waals surface area contributed by atoms with E-state index in [9.17, 15) is 0 Å². The summed E-state index contributed by atoms with van der Waals surface area (Å²) in [5.74, 6) is 0. The molecule has 32 heavy (non-hydrogen) atoms. The summed E-state index contributed by atoms with van der Waals surface area (Å²) in [6.07, 6.45) is 0. The molecule has 1 heterocycles. The number of benzene rings is 5. The van der Waals surface area contributed by atoms with E-state index in [2.05, 4.69) is 91.0 Å². The van der Waals surface area contributed by atoms with Crippen molar-refractivity contribution < 1.29 is 4.42 Å². The predicted octanol–water partition coefficient (Wildman–Crippen LogP) is 9.24. The number of para-hydroxylation sites is 1. The van der Waals surface area contributed by atoms with Gasteiger partial charge in [0.15, 0.2) is 0 Å². The van der Waals surface area contributed by atoms with Crippen molar-refractivity contribution in [3.63, 3.8) is 0 Å². The van der Waals surface area contributed by atoms with Gasteiger partial charge in [0.2, 0.25) is 0 Å². The summed E-state index contributed by atoms with van der Waals surface area (Å²) < 4.78 is 6.49. The van der Waals surface area contributed by atoms with Crippen molar-refractivity contribution in [3.05, 3.63) is 120 Å². The fraction of sp³-hybridized carbons (Fsp3) is 0. The zero-order chi connectivity index (χ0) is 21.5. The second-order valence-electron chi connectivity index (χ2n) is 7.92. The van der Waals surface area contributed by atoms with E-state index < -0.39 is 0 Å². The van der Waals surface area contributed by atoms with Gasteiger partial charge in [0.05, 0.1) is 0 Å². The van der Waals surface area contributed by atoms with Gasteiger partial charge >= 0.3 is 0 Å². The number of furan rings is 1. The second kappa shape index (κ2) is 7.71. The molecular weight excluding hydrogens is 412 g/mol. The highest BCUT2D eigenvalue weighted by molar-refractivity contribution is 6.31. The fourth-order valence-electron chi connectivity index (χ4n) is 4.44. The van der Waals surface area contributed by atoms with E-state index in [1.54, 1.807) is 0 Å². The van der Waals surface area contributed by atoms with E-state index in [1.165, 1.54) is 16.7 Å². The van der Waals surface area contributed by atoms with Crippen molar-refractivity contribution in [1.82, 2.24) is 0 Å². The van der Waals surface area contributed by atoms with Crippen LogP contribution in [0.15, 0.2) is 120 Å². The molecule has 1 aromatic heterocycles. The summed E-state index contributed by atoms with van der Waals surface area (Å²) in [4.78, 5) is 0. The Balaban J connectivity index is 1.67. The van der Waals surface area contributed by atoms with Crippen LogP contribution in [0.1, 0.15) is 0 Å². The normalized spacial score (nSPS) is 11.3. The summed E-state index contributed by atoms with van der Waals surface area (Å²) in [7, 11) is 0. The topological polar surface area (TPSA) is 13.1 Å². The Labute approximate surface area is 191 Å². The first kappa shape index (κ1) is 18.9. The zero-order valence-corrected chi connectivity index (χ0v) is 18.0. The minimum absolute atomic E-state index is 0.716. The third kappa shape index (κ3) is 3.19. The molecule has 2 heteroatoms. The Hall–Kier alpha value is -3.81. The Morgan fingerprint density at radius 1 is 0.469 bits per heavy atom. The maximum absolute atomic E-state index is 6.49. The third-order valence-corrected chi connectivity index (χ3v) is 6.18. The van der Waals surface area contributed by atoms with Crippen LogP contribution in [-0.2, 0) is 0 Å². The molecule has 0 saturated heterocycles. The highest BCUT2D eigenvalue weighted by Gasteiger charge is 2.16. The molecule has 0 aliphatic carbocycles. The van der Waals surface area contributed by atoms with Crippen molar-refractivity contribution in [2.45, 2.75) is 0 Å². The van der Waals surface area contributed by atoms with E-state index in [0.717, 1.165) is 38.6 Å². The van der Waals surface area contributed by atoms with Crippen molar-refractivity contribution >= 4 is 33.5 Å². The second-order valence-corrected chi connectivity index (χ2v) is 8.36. The molecule has 0 bridgehead atoms. The van der Waals surface area contributed by atoms with Gasteiger partial charge in [0.1, 0.15) is 11.2 Å². The first-order valence-corrected chi connectivity index (χ1v) is 11.0. The van der Waals surface area contributed by atoms with Gasteiger partial charge < -0.3 is 4.42 Å². The maximum Gasteiger partial charge on any atom is 0.143 e. The van der Waals surface area contributed by atoms with Crippen LogP contribution >= 0.6 is 11.6 Å². The monoisotopic (exact) mass is 430 g/mol. The minimum atomic E-state index is 0.716. The molecule has 0 amide bonds. The molecular formula is C30H19ClO. The van der Waals surface area contributed by atoms with Crippen LogP contribution in [0.25, 0.3) is 55.3 Å². The van der Waals surface area contributed by atoms with E-state index in [-0.39, 0.29) is 0 Å². The molecule has 0 aliphatic heterocycles. The van der Waals surface area contributed by atoms with Crippen LogP contribution in [-0.4, -0.2) is 0 Å². The van der Waals surface area contributed by atoms with Gasteiger partial charge in [0.25, 0.3) is 0 Å². The average Bonchev–Trinajstić information content (AvgIpc) is 3.22. The highest BCUT2D eigenvalue weighted by Crippen LogP contribution is 2.41. The molecule has 6 rings (SSSR count). The molecule has 0 spiro atoms. The van der Waals surface area contributed by atoms with Gasteiger partial charge in [-0.25, -0.2) is 0 Å². The van der Waals surface area contributed by atoms with Gasteiger partial charge in [0, 0.05) is 21.4 Å². The summed E-state index contributed by atoms with van der Waals surface area (Å²) in [5, 5.41) is 2.94. The highest BCUT2D eigenvalue weighted by atomic mass is 35.5. The van der Waals surface area contributed by atoms with Gasteiger partial charge in [-0.1, -0.05) is 103 Å². The summed E-state index contributed by atoms with van der Waals surface area (Å²) in [6, 6.07) is 39.7. The van der Waals surface area contributed by atoms with E-state index in [1.807, 2.05) is 24.3 Å². The zero-order valence-electron chi connectivity index (χ0n) is 17.3. The summed E-state index contributed by atoms with van der Waals surface area (Å²) in [5.41, 5.74) is 8.57. The summed E-state index contributed by atoms with van der Waals surface area (Å²) >= 11 is 6.27. The van der Waals surface area contributed by atoms with E-state index in [4.69, 9.17) is 16.0 Å². The molecule has 1 nitrogen and oxygen atoms in total. The molecule has 0 N–H and O–H groups in total. The largest absolute Gasteiger partial charge is 0.455 e. The molecule has 0 fully saturated rings. The smallest absolute Gasteiger partial charge is 0.143 e. The van der Waals surface area contributed by atoms with Crippen LogP contribution in [0, 0.1) is 0 Å². The van der Waals surface area contributed by atoms with Crippen molar-refractivity contribution in [2.24, 2.45) is 0 Å². The van der Waals surface area contributed by atoms with Crippen molar-refractivity contribution in [2.75, 3.05) is 0 Å². The standard InChI is InChI=1S/C30H19ClO/c31-23-14-7-13-22(17-23)24-15-8-16-25-28-18-26(20-9-3-1-4-10-20)27(19-29(28)32-30(24)25)21-11-5-2-6-12-21/h1-19H. The van der Waals surface area contributed by atoms with Gasteiger partial charge in [-0.05, 0) is 52.1 Å². The third-order valence-electron chi connectivity index (χ3n) is 5.94. The maximum atomic E-state index is 6.49. The van der Waals surface area contributed by atoms with Crippen LogP contribution in [0.3, 0.4) is 0 Å². The lowest BCUT2D eigenvalue weighted by atomic mass is 9.92. The molecule has 0 unspecified atom stereocenters. The number of fused-ring (bicyclic) bond motifs is 3. The Morgan fingerprint density at radius 2 is 1.09 bits per heavy atom. The molecule has 0 atom stereocenters. The Morgan fingerprint density at radius 3 is 1.78 bits per heavy atom. The van der Waals surface area contributed by atoms with Crippen molar-refractivity contribution in [3.8, 4) is 33.4 Å². The molecule has 0 saturated carbocycles. The number of halogens is 1. The number of rotatable bonds is 3.